The predicted molar refractivity (Wildman–Crippen MR) is 93.6 cm³/mol. The number of anilines is 2. The van der Waals surface area contributed by atoms with Crippen LogP contribution in [0.3, 0.4) is 0 Å². The molecule has 0 fully saturated rings. The van der Waals surface area contributed by atoms with Gasteiger partial charge < -0.3 is 5.32 Å². The summed E-state index contributed by atoms with van der Waals surface area (Å²) in [6.45, 7) is 2.05. The van der Waals surface area contributed by atoms with Gasteiger partial charge in [0.2, 0.25) is 10.1 Å². The van der Waals surface area contributed by atoms with Gasteiger partial charge in [0.15, 0.2) is 5.82 Å². The Balaban J connectivity index is 1.70. The largest absolute Gasteiger partial charge is 0.330 e. The fourth-order valence-corrected chi connectivity index (χ4v) is 3.19. The molecule has 23 heavy (non-hydrogen) atoms. The fraction of sp³-hybridized carbons (Fsp3) is 0.0625. The van der Waals surface area contributed by atoms with Crippen LogP contribution in [0, 0.1) is 6.92 Å². The zero-order valence-corrected chi connectivity index (χ0v) is 13.8. The second kappa shape index (κ2) is 5.64. The van der Waals surface area contributed by atoms with Crippen LogP contribution in [0.4, 0.5) is 10.8 Å². The number of hydrogen-bond acceptors (Lipinski definition) is 5. The van der Waals surface area contributed by atoms with Crippen LogP contribution in [0.1, 0.15) is 5.56 Å². The molecule has 7 heteroatoms. The molecule has 0 aliphatic rings. The van der Waals surface area contributed by atoms with Gasteiger partial charge in [-0.3, -0.25) is 0 Å². The topological polar surface area (TPSA) is 55.1 Å². The Morgan fingerprint density at radius 2 is 1.91 bits per heavy atom. The SMILES string of the molecule is Cc1ccc(-c2nnc3sc(Nc4cccc(Cl)c4)nn23)cc1. The maximum atomic E-state index is 6.00. The average Bonchev–Trinajstić information content (AvgIpc) is 3.08. The smallest absolute Gasteiger partial charge is 0.236 e. The van der Waals surface area contributed by atoms with Crippen LogP contribution in [0.5, 0.6) is 0 Å². The highest BCUT2D eigenvalue weighted by Crippen LogP contribution is 2.27. The molecule has 0 aliphatic carbocycles. The number of rotatable bonds is 3. The fourth-order valence-electron chi connectivity index (χ4n) is 2.24. The minimum absolute atomic E-state index is 0.679. The van der Waals surface area contributed by atoms with Crippen molar-refractivity contribution < 1.29 is 0 Å². The number of benzene rings is 2. The molecule has 2 aromatic heterocycles. The molecule has 114 valence electrons. The van der Waals surface area contributed by atoms with Gasteiger partial charge >= 0.3 is 0 Å². The van der Waals surface area contributed by atoms with Crippen molar-refractivity contribution in [3.8, 4) is 11.4 Å². The molecule has 0 radical (unpaired) electrons. The predicted octanol–water partition coefficient (Wildman–Crippen LogP) is 4.56. The lowest BCUT2D eigenvalue weighted by Crippen LogP contribution is -1.94. The zero-order valence-electron chi connectivity index (χ0n) is 12.2. The van der Waals surface area contributed by atoms with Gasteiger partial charge in [-0.15, -0.1) is 15.3 Å². The van der Waals surface area contributed by atoms with E-state index in [0.717, 1.165) is 27.2 Å². The van der Waals surface area contributed by atoms with Crippen molar-refractivity contribution in [1.82, 2.24) is 19.8 Å². The molecule has 0 spiro atoms. The first-order valence-corrected chi connectivity index (χ1v) is 8.20. The van der Waals surface area contributed by atoms with Crippen molar-refractivity contribution in [3.05, 3.63) is 59.1 Å². The van der Waals surface area contributed by atoms with Gasteiger partial charge in [0.05, 0.1) is 0 Å². The number of hydrogen-bond donors (Lipinski definition) is 1. The minimum Gasteiger partial charge on any atom is -0.330 e. The average molecular weight is 342 g/mol. The van der Waals surface area contributed by atoms with Crippen LogP contribution in [-0.2, 0) is 0 Å². The van der Waals surface area contributed by atoms with Gasteiger partial charge in [-0.2, -0.15) is 4.52 Å². The van der Waals surface area contributed by atoms with Crippen molar-refractivity contribution in [3.63, 3.8) is 0 Å². The molecule has 5 nitrogen and oxygen atoms in total. The quantitative estimate of drug-likeness (QED) is 0.593. The van der Waals surface area contributed by atoms with E-state index < -0.39 is 0 Å². The molecule has 0 saturated carbocycles. The van der Waals surface area contributed by atoms with Crippen LogP contribution < -0.4 is 5.32 Å². The molecular formula is C16H12ClN5S. The molecule has 2 heterocycles. The Morgan fingerprint density at radius 3 is 2.70 bits per heavy atom. The maximum Gasteiger partial charge on any atom is 0.236 e. The summed E-state index contributed by atoms with van der Waals surface area (Å²) in [6.07, 6.45) is 0. The molecule has 0 atom stereocenters. The van der Waals surface area contributed by atoms with Gasteiger partial charge in [-0.25, -0.2) is 0 Å². The first-order chi connectivity index (χ1) is 11.2. The second-order valence-corrected chi connectivity index (χ2v) is 6.52. The van der Waals surface area contributed by atoms with Crippen LogP contribution in [0.2, 0.25) is 5.02 Å². The van der Waals surface area contributed by atoms with E-state index in [-0.39, 0.29) is 0 Å². The van der Waals surface area contributed by atoms with Gasteiger partial charge in [-0.1, -0.05) is 58.8 Å². The summed E-state index contributed by atoms with van der Waals surface area (Å²) in [6, 6.07) is 15.7. The molecule has 0 bridgehead atoms. The molecule has 1 N–H and O–H groups in total. The van der Waals surface area contributed by atoms with Crippen molar-refractivity contribution in [2.24, 2.45) is 0 Å². The number of nitrogens with zero attached hydrogens (tertiary/aromatic N) is 4. The second-order valence-electron chi connectivity index (χ2n) is 5.13. The Labute approximate surface area is 141 Å². The van der Waals surface area contributed by atoms with E-state index in [2.05, 4.69) is 27.5 Å². The van der Waals surface area contributed by atoms with E-state index in [0.29, 0.717) is 5.02 Å². The van der Waals surface area contributed by atoms with Crippen LogP contribution in [0.15, 0.2) is 48.5 Å². The van der Waals surface area contributed by atoms with E-state index in [1.807, 2.05) is 48.5 Å². The van der Waals surface area contributed by atoms with Crippen molar-refractivity contribution in [2.45, 2.75) is 6.92 Å². The molecule has 0 aliphatic heterocycles. The Hall–Kier alpha value is -2.44. The molecule has 4 rings (SSSR count). The summed E-state index contributed by atoms with van der Waals surface area (Å²) in [5.74, 6) is 0.732. The number of fused-ring (bicyclic) bond motifs is 1. The number of nitrogens with one attached hydrogen (secondary N) is 1. The Bertz CT molecular complexity index is 974. The maximum absolute atomic E-state index is 6.00. The highest BCUT2D eigenvalue weighted by atomic mass is 35.5. The van der Waals surface area contributed by atoms with Gasteiger partial charge in [-0.05, 0) is 25.1 Å². The number of aryl methyl sites for hydroxylation is 1. The third kappa shape index (κ3) is 2.78. The molecule has 0 saturated heterocycles. The summed E-state index contributed by atoms with van der Waals surface area (Å²) < 4.78 is 1.75. The van der Waals surface area contributed by atoms with E-state index >= 15 is 0 Å². The van der Waals surface area contributed by atoms with Gasteiger partial charge in [0, 0.05) is 16.3 Å². The lowest BCUT2D eigenvalue weighted by Gasteiger charge is -2.01. The summed E-state index contributed by atoms with van der Waals surface area (Å²) in [4.78, 5) is 0.741. The zero-order chi connectivity index (χ0) is 15.8. The lowest BCUT2D eigenvalue weighted by molar-refractivity contribution is 0.970. The Kier molecular flexibility index (Phi) is 3.48. The standard InChI is InChI=1S/C16H12ClN5S/c1-10-5-7-11(8-6-10)14-19-20-16-22(14)21-15(23-16)18-13-4-2-3-12(17)9-13/h2-9H,1H3,(H,18,21). The summed E-state index contributed by atoms with van der Waals surface area (Å²) in [5, 5.41) is 17.6. The van der Waals surface area contributed by atoms with E-state index in [1.165, 1.54) is 16.9 Å². The van der Waals surface area contributed by atoms with E-state index in [9.17, 15) is 0 Å². The molecule has 0 unspecified atom stereocenters. The summed E-state index contributed by atoms with van der Waals surface area (Å²) >= 11 is 7.44. The lowest BCUT2D eigenvalue weighted by atomic mass is 10.1. The van der Waals surface area contributed by atoms with Crippen LogP contribution in [-0.4, -0.2) is 19.8 Å². The third-order valence-electron chi connectivity index (χ3n) is 3.38. The number of aromatic nitrogens is 4. The minimum atomic E-state index is 0.679. The van der Waals surface area contributed by atoms with Crippen molar-refractivity contribution in [1.29, 1.82) is 0 Å². The molecule has 2 aromatic carbocycles. The van der Waals surface area contributed by atoms with E-state index in [1.54, 1.807) is 4.52 Å². The first kappa shape index (κ1) is 14.2. The van der Waals surface area contributed by atoms with Crippen molar-refractivity contribution >= 4 is 38.7 Å². The molecular weight excluding hydrogens is 330 g/mol. The highest BCUT2D eigenvalue weighted by Gasteiger charge is 2.13. The van der Waals surface area contributed by atoms with Crippen molar-refractivity contribution in [2.75, 3.05) is 5.32 Å². The summed E-state index contributed by atoms with van der Waals surface area (Å²) in [5.41, 5.74) is 3.08. The first-order valence-electron chi connectivity index (χ1n) is 7.01. The monoisotopic (exact) mass is 341 g/mol. The summed E-state index contributed by atoms with van der Waals surface area (Å²) in [7, 11) is 0. The highest BCUT2D eigenvalue weighted by molar-refractivity contribution is 7.20. The van der Waals surface area contributed by atoms with Crippen LogP contribution in [0.25, 0.3) is 16.3 Å². The van der Waals surface area contributed by atoms with E-state index in [4.69, 9.17) is 11.6 Å². The van der Waals surface area contributed by atoms with Gasteiger partial charge in [0.1, 0.15) is 0 Å². The number of halogens is 1. The normalized spacial score (nSPS) is 11.0. The molecule has 0 amide bonds. The Morgan fingerprint density at radius 1 is 1.09 bits per heavy atom. The van der Waals surface area contributed by atoms with Gasteiger partial charge in [0.25, 0.3) is 0 Å². The third-order valence-corrected chi connectivity index (χ3v) is 4.43. The van der Waals surface area contributed by atoms with Crippen LogP contribution >= 0.6 is 22.9 Å². The molecule has 4 aromatic rings.